The van der Waals surface area contributed by atoms with Crippen LogP contribution < -0.4 is 0 Å². The number of alkyl halides is 2. The van der Waals surface area contributed by atoms with Crippen LogP contribution in [0.25, 0.3) is 0 Å². The van der Waals surface area contributed by atoms with Gasteiger partial charge in [-0.05, 0) is 25.0 Å². The van der Waals surface area contributed by atoms with E-state index in [-0.39, 0.29) is 0 Å². The van der Waals surface area contributed by atoms with E-state index >= 15 is 0 Å². The minimum Gasteiger partial charge on any atom is -0.195 e. The molecule has 0 atom stereocenters. The second-order valence-electron chi connectivity index (χ2n) is 3.42. The average Bonchev–Trinajstić information content (AvgIpc) is 2.10. The first-order valence-corrected chi connectivity index (χ1v) is 5.05. The average molecular weight is 228 g/mol. The molecule has 0 amide bonds. The van der Waals surface area contributed by atoms with Crippen LogP contribution in [-0.4, -0.2) is 4.33 Å². The Bertz CT molecular complexity index is 377. The molecule has 0 aromatic heterocycles. The zero-order valence-corrected chi connectivity index (χ0v) is 9.65. The SMILES string of the molecule is Cc1ccc(CC(Cl)(Cl)C#N)c(C)c1. The second-order valence-corrected chi connectivity index (χ2v) is 4.91. The van der Waals surface area contributed by atoms with E-state index in [2.05, 4.69) is 6.07 Å². The van der Waals surface area contributed by atoms with Crippen LogP contribution >= 0.6 is 23.2 Å². The Morgan fingerprint density at radius 3 is 2.50 bits per heavy atom. The highest BCUT2D eigenvalue weighted by molar-refractivity contribution is 6.50. The molecule has 1 aromatic rings. The lowest BCUT2D eigenvalue weighted by Crippen LogP contribution is -2.14. The Hall–Kier alpha value is -0.710. The zero-order chi connectivity index (χ0) is 10.8. The topological polar surface area (TPSA) is 23.8 Å². The third-order valence-corrected chi connectivity index (χ3v) is 2.51. The largest absolute Gasteiger partial charge is 0.207 e. The Labute approximate surface area is 94.3 Å². The second kappa shape index (κ2) is 4.21. The molecule has 0 radical (unpaired) electrons. The van der Waals surface area contributed by atoms with Gasteiger partial charge in [0.15, 0.2) is 0 Å². The quantitative estimate of drug-likeness (QED) is 0.710. The van der Waals surface area contributed by atoms with Gasteiger partial charge in [-0.2, -0.15) is 5.26 Å². The monoisotopic (exact) mass is 227 g/mol. The molecule has 0 spiro atoms. The Morgan fingerprint density at radius 1 is 1.36 bits per heavy atom. The zero-order valence-electron chi connectivity index (χ0n) is 8.14. The highest BCUT2D eigenvalue weighted by atomic mass is 35.5. The molecule has 0 aliphatic carbocycles. The van der Waals surface area contributed by atoms with Crippen LogP contribution in [0.1, 0.15) is 16.7 Å². The highest BCUT2D eigenvalue weighted by Gasteiger charge is 2.24. The smallest absolute Gasteiger partial charge is 0.195 e. The summed E-state index contributed by atoms with van der Waals surface area (Å²) in [7, 11) is 0. The minimum atomic E-state index is -1.32. The van der Waals surface area contributed by atoms with Crippen LogP contribution in [0.2, 0.25) is 0 Å². The van der Waals surface area contributed by atoms with Crippen molar-refractivity contribution in [3.63, 3.8) is 0 Å². The summed E-state index contributed by atoms with van der Waals surface area (Å²) in [5, 5.41) is 8.69. The molecule has 0 N–H and O–H groups in total. The maximum Gasteiger partial charge on any atom is 0.207 e. The van der Waals surface area contributed by atoms with Crippen molar-refractivity contribution in [3.8, 4) is 6.07 Å². The first-order valence-electron chi connectivity index (χ1n) is 4.30. The molecule has 0 aliphatic rings. The van der Waals surface area contributed by atoms with E-state index in [9.17, 15) is 0 Å². The summed E-state index contributed by atoms with van der Waals surface area (Å²) < 4.78 is -1.32. The van der Waals surface area contributed by atoms with E-state index in [0.717, 1.165) is 11.1 Å². The molecular weight excluding hydrogens is 217 g/mol. The Balaban J connectivity index is 2.94. The lowest BCUT2D eigenvalue weighted by molar-refractivity contribution is 0.934. The first-order chi connectivity index (χ1) is 6.44. The van der Waals surface area contributed by atoms with Gasteiger partial charge in [0.2, 0.25) is 4.33 Å². The number of aryl methyl sites for hydroxylation is 2. The molecule has 1 aromatic carbocycles. The highest BCUT2D eigenvalue weighted by Crippen LogP contribution is 2.26. The molecule has 3 heteroatoms. The van der Waals surface area contributed by atoms with Crippen molar-refractivity contribution in [3.05, 3.63) is 34.9 Å². The molecule has 0 saturated heterocycles. The van der Waals surface area contributed by atoms with Gasteiger partial charge in [0.25, 0.3) is 0 Å². The van der Waals surface area contributed by atoms with Gasteiger partial charge < -0.3 is 0 Å². The van der Waals surface area contributed by atoms with Crippen LogP contribution in [0.3, 0.4) is 0 Å². The Morgan fingerprint density at radius 2 is 2.00 bits per heavy atom. The number of hydrogen-bond acceptors (Lipinski definition) is 1. The van der Waals surface area contributed by atoms with Crippen molar-refractivity contribution in [1.82, 2.24) is 0 Å². The number of nitriles is 1. The molecule has 0 bridgehead atoms. The number of hydrogen-bond donors (Lipinski definition) is 0. The molecule has 1 nitrogen and oxygen atoms in total. The molecule has 0 unspecified atom stereocenters. The molecule has 0 aliphatic heterocycles. The molecule has 74 valence electrons. The maximum absolute atomic E-state index is 8.69. The predicted molar refractivity (Wildman–Crippen MR) is 59.7 cm³/mol. The predicted octanol–water partition coefficient (Wildman–Crippen LogP) is 3.54. The van der Waals surface area contributed by atoms with Gasteiger partial charge in [0.05, 0.1) is 0 Å². The van der Waals surface area contributed by atoms with Crippen LogP contribution in [0.15, 0.2) is 18.2 Å². The van der Waals surface area contributed by atoms with E-state index in [4.69, 9.17) is 28.5 Å². The summed E-state index contributed by atoms with van der Waals surface area (Å²) >= 11 is 11.5. The number of benzene rings is 1. The van der Waals surface area contributed by atoms with E-state index in [1.807, 2.05) is 32.0 Å². The molecular formula is C11H11Cl2N. The van der Waals surface area contributed by atoms with Gasteiger partial charge in [-0.3, -0.25) is 0 Å². The van der Waals surface area contributed by atoms with E-state index < -0.39 is 4.33 Å². The van der Waals surface area contributed by atoms with Gasteiger partial charge in [0, 0.05) is 6.42 Å². The fourth-order valence-electron chi connectivity index (χ4n) is 1.32. The van der Waals surface area contributed by atoms with Crippen LogP contribution in [0, 0.1) is 25.2 Å². The maximum atomic E-state index is 8.69. The normalized spacial score (nSPS) is 11.1. The molecule has 1 rings (SSSR count). The van der Waals surface area contributed by atoms with Crippen molar-refractivity contribution >= 4 is 23.2 Å². The van der Waals surface area contributed by atoms with E-state index in [0.29, 0.717) is 6.42 Å². The molecule has 0 fully saturated rings. The summed E-state index contributed by atoms with van der Waals surface area (Å²) in [6, 6.07) is 7.86. The molecule has 0 heterocycles. The van der Waals surface area contributed by atoms with E-state index in [1.165, 1.54) is 5.56 Å². The van der Waals surface area contributed by atoms with Gasteiger partial charge in [-0.25, -0.2) is 0 Å². The van der Waals surface area contributed by atoms with Gasteiger partial charge in [-0.1, -0.05) is 47.0 Å². The minimum absolute atomic E-state index is 0.360. The number of nitrogens with zero attached hydrogens (tertiary/aromatic N) is 1. The van der Waals surface area contributed by atoms with E-state index in [1.54, 1.807) is 0 Å². The number of halogens is 2. The van der Waals surface area contributed by atoms with Crippen molar-refractivity contribution in [2.75, 3.05) is 0 Å². The fourth-order valence-corrected chi connectivity index (χ4v) is 1.61. The van der Waals surface area contributed by atoms with Gasteiger partial charge in [-0.15, -0.1) is 0 Å². The summed E-state index contributed by atoms with van der Waals surface area (Å²) in [6.45, 7) is 4.01. The summed E-state index contributed by atoms with van der Waals surface area (Å²) in [5.41, 5.74) is 3.33. The summed E-state index contributed by atoms with van der Waals surface area (Å²) in [6.07, 6.45) is 0.360. The third kappa shape index (κ3) is 2.90. The summed E-state index contributed by atoms with van der Waals surface area (Å²) in [5.74, 6) is 0. The van der Waals surface area contributed by atoms with Crippen molar-refractivity contribution in [1.29, 1.82) is 5.26 Å². The van der Waals surface area contributed by atoms with Crippen LogP contribution in [0.5, 0.6) is 0 Å². The lowest BCUT2D eigenvalue weighted by Gasteiger charge is -2.12. The Kier molecular flexibility index (Phi) is 3.42. The molecule has 14 heavy (non-hydrogen) atoms. The standard InChI is InChI=1S/C11H11Cl2N/c1-8-3-4-10(9(2)5-8)6-11(12,13)7-14/h3-5H,6H2,1-2H3. The number of rotatable bonds is 2. The molecule has 0 saturated carbocycles. The fraction of sp³-hybridized carbons (Fsp3) is 0.364. The van der Waals surface area contributed by atoms with Crippen molar-refractivity contribution in [2.24, 2.45) is 0 Å². The van der Waals surface area contributed by atoms with Gasteiger partial charge >= 0.3 is 0 Å². The van der Waals surface area contributed by atoms with Crippen LogP contribution in [-0.2, 0) is 6.42 Å². The summed E-state index contributed by atoms with van der Waals surface area (Å²) in [4.78, 5) is 0. The van der Waals surface area contributed by atoms with Gasteiger partial charge in [0.1, 0.15) is 6.07 Å². The first kappa shape index (κ1) is 11.4. The van der Waals surface area contributed by atoms with Crippen molar-refractivity contribution in [2.45, 2.75) is 24.6 Å². The van der Waals surface area contributed by atoms with Crippen molar-refractivity contribution < 1.29 is 0 Å². The van der Waals surface area contributed by atoms with Crippen LogP contribution in [0.4, 0.5) is 0 Å². The lowest BCUT2D eigenvalue weighted by atomic mass is 10.0. The third-order valence-electron chi connectivity index (χ3n) is 2.07.